The van der Waals surface area contributed by atoms with Crippen LogP contribution in [0.1, 0.15) is 29.9 Å². The fourth-order valence-corrected chi connectivity index (χ4v) is 2.27. The molecule has 18 heavy (non-hydrogen) atoms. The molecule has 0 bridgehead atoms. The van der Waals surface area contributed by atoms with Crippen LogP contribution in [0.25, 0.3) is 0 Å². The van der Waals surface area contributed by atoms with Gasteiger partial charge in [0.15, 0.2) is 5.82 Å². The Morgan fingerprint density at radius 1 is 1.44 bits per heavy atom. The Morgan fingerprint density at radius 2 is 2.39 bits per heavy atom. The minimum absolute atomic E-state index is 0.0843. The van der Waals surface area contributed by atoms with Gasteiger partial charge in [-0.2, -0.15) is 5.21 Å². The minimum Gasteiger partial charge on any atom is -0.384 e. The molecule has 1 unspecified atom stereocenters. The Labute approximate surface area is 105 Å². The smallest absolute Gasteiger partial charge is 0.191 e. The Kier molecular flexibility index (Phi) is 2.93. The first-order chi connectivity index (χ1) is 8.84. The molecule has 0 spiro atoms. The number of H-pyrrole nitrogens is 1. The SMILES string of the molecule is CC(NCc1cccc2c1NCC2)c1nn[nH]n1. The van der Waals surface area contributed by atoms with E-state index in [9.17, 15) is 0 Å². The van der Waals surface area contributed by atoms with Crippen molar-refractivity contribution in [2.75, 3.05) is 11.9 Å². The number of nitrogens with zero attached hydrogens (tertiary/aromatic N) is 3. The lowest BCUT2D eigenvalue weighted by atomic mass is 10.1. The van der Waals surface area contributed by atoms with Crippen LogP contribution in [-0.2, 0) is 13.0 Å². The van der Waals surface area contributed by atoms with Crippen LogP contribution in [0, 0.1) is 0 Å². The van der Waals surface area contributed by atoms with Crippen LogP contribution in [0.2, 0.25) is 0 Å². The molecule has 6 nitrogen and oxygen atoms in total. The van der Waals surface area contributed by atoms with Gasteiger partial charge in [0.25, 0.3) is 0 Å². The maximum absolute atomic E-state index is 3.98. The molecule has 3 N–H and O–H groups in total. The first kappa shape index (κ1) is 11.2. The van der Waals surface area contributed by atoms with Crippen molar-refractivity contribution in [1.29, 1.82) is 0 Å². The highest BCUT2D eigenvalue weighted by Gasteiger charge is 2.15. The topological polar surface area (TPSA) is 78.5 Å². The molecule has 2 aromatic rings. The molecule has 0 amide bonds. The number of para-hydroxylation sites is 1. The predicted molar refractivity (Wildman–Crippen MR) is 68.1 cm³/mol. The van der Waals surface area contributed by atoms with Crippen LogP contribution in [-0.4, -0.2) is 27.2 Å². The lowest BCUT2D eigenvalue weighted by Crippen LogP contribution is -2.19. The number of aromatic amines is 1. The van der Waals surface area contributed by atoms with Gasteiger partial charge in [0, 0.05) is 18.8 Å². The molecule has 1 aliphatic rings. The van der Waals surface area contributed by atoms with Crippen molar-refractivity contribution in [3.63, 3.8) is 0 Å². The van der Waals surface area contributed by atoms with Crippen molar-refractivity contribution < 1.29 is 0 Å². The monoisotopic (exact) mass is 244 g/mol. The number of fused-ring (bicyclic) bond motifs is 1. The minimum atomic E-state index is 0.0843. The number of hydrogen-bond acceptors (Lipinski definition) is 5. The number of tetrazole rings is 1. The van der Waals surface area contributed by atoms with Gasteiger partial charge in [-0.3, -0.25) is 0 Å². The molecule has 1 aromatic heterocycles. The van der Waals surface area contributed by atoms with Crippen LogP contribution in [0.3, 0.4) is 0 Å². The summed E-state index contributed by atoms with van der Waals surface area (Å²) in [6.45, 7) is 3.86. The van der Waals surface area contributed by atoms with Crippen LogP contribution >= 0.6 is 0 Å². The van der Waals surface area contributed by atoms with Gasteiger partial charge in [-0.25, -0.2) is 0 Å². The Morgan fingerprint density at radius 3 is 3.22 bits per heavy atom. The lowest BCUT2D eigenvalue weighted by Gasteiger charge is -2.13. The molecular weight excluding hydrogens is 228 g/mol. The molecule has 2 heterocycles. The molecule has 0 fully saturated rings. The van der Waals surface area contributed by atoms with Crippen molar-refractivity contribution >= 4 is 5.69 Å². The summed E-state index contributed by atoms with van der Waals surface area (Å²) in [4.78, 5) is 0. The highest BCUT2D eigenvalue weighted by molar-refractivity contribution is 5.61. The lowest BCUT2D eigenvalue weighted by molar-refractivity contribution is 0.547. The molecule has 0 aliphatic carbocycles. The van der Waals surface area contributed by atoms with Gasteiger partial charge in [0.1, 0.15) is 0 Å². The van der Waals surface area contributed by atoms with Gasteiger partial charge in [-0.15, -0.1) is 10.2 Å². The summed E-state index contributed by atoms with van der Waals surface area (Å²) in [6.07, 6.45) is 1.11. The highest BCUT2D eigenvalue weighted by atomic mass is 15.5. The Balaban J connectivity index is 1.69. The molecule has 6 heteroatoms. The Bertz CT molecular complexity index is 521. The maximum Gasteiger partial charge on any atom is 0.191 e. The molecular formula is C12H16N6. The zero-order chi connectivity index (χ0) is 12.4. The zero-order valence-corrected chi connectivity index (χ0v) is 10.3. The van der Waals surface area contributed by atoms with E-state index in [1.807, 2.05) is 6.92 Å². The number of hydrogen-bond donors (Lipinski definition) is 3. The van der Waals surface area contributed by atoms with E-state index < -0.39 is 0 Å². The summed E-state index contributed by atoms with van der Waals surface area (Å²) in [5.74, 6) is 0.690. The summed E-state index contributed by atoms with van der Waals surface area (Å²) in [5, 5.41) is 20.8. The summed E-state index contributed by atoms with van der Waals surface area (Å²) in [7, 11) is 0. The molecule has 0 radical (unpaired) electrons. The number of nitrogens with one attached hydrogen (secondary N) is 3. The number of anilines is 1. The number of aromatic nitrogens is 4. The third-order valence-electron chi connectivity index (χ3n) is 3.28. The normalized spacial score (nSPS) is 15.2. The second-order valence-corrected chi connectivity index (χ2v) is 4.50. The fourth-order valence-electron chi connectivity index (χ4n) is 2.27. The van der Waals surface area contributed by atoms with Crippen molar-refractivity contribution in [2.24, 2.45) is 0 Å². The van der Waals surface area contributed by atoms with E-state index in [4.69, 9.17) is 0 Å². The van der Waals surface area contributed by atoms with Crippen LogP contribution in [0.15, 0.2) is 18.2 Å². The summed E-state index contributed by atoms with van der Waals surface area (Å²) < 4.78 is 0. The summed E-state index contributed by atoms with van der Waals surface area (Å²) in [5.41, 5.74) is 3.98. The molecule has 1 atom stereocenters. The molecule has 0 saturated carbocycles. The third kappa shape index (κ3) is 2.06. The average Bonchev–Trinajstić information content (AvgIpc) is 3.05. The molecule has 0 saturated heterocycles. The quantitative estimate of drug-likeness (QED) is 0.748. The van der Waals surface area contributed by atoms with E-state index in [0.29, 0.717) is 5.82 Å². The van der Waals surface area contributed by atoms with Crippen LogP contribution < -0.4 is 10.6 Å². The number of benzene rings is 1. The van der Waals surface area contributed by atoms with Gasteiger partial charge in [0.2, 0.25) is 0 Å². The molecule has 3 rings (SSSR count). The number of rotatable bonds is 4. The van der Waals surface area contributed by atoms with Crippen LogP contribution in [0.5, 0.6) is 0 Å². The standard InChI is InChI=1S/C12H16N6/c1-8(12-15-17-18-16-12)14-7-10-4-2-3-9-5-6-13-11(9)10/h2-4,8,13-14H,5-7H2,1H3,(H,15,16,17,18). The van der Waals surface area contributed by atoms with Crippen molar-refractivity contribution in [1.82, 2.24) is 25.9 Å². The average molecular weight is 244 g/mol. The van der Waals surface area contributed by atoms with E-state index in [1.54, 1.807) is 0 Å². The van der Waals surface area contributed by atoms with Gasteiger partial charge in [-0.1, -0.05) is 23.4 Å². The van der Waals surface area contributed by atoms with Gasteiger partial charge in [0.05, 0.1) is 6.04 Å². The first-order valence-corrected chi connectivity index (χ1v) is 6.16. The van der Waals surface area contributed by atoms with E-state index in [2.05, 4.69) is 49.5 Å². The second kappa shape index (κ2) is 4.73. The fraction of sp³-hybridized carbons (Fsp3) is 0.417. The van der Waals surface area contributed by atoms with Crippen molar-refractivity contribution in [3.05, 3.63) is 35.2 Å². The predicted octanol–water partition coefficient (Wildman–Crippen LogP) is 1.02. The Hall–Kier alpha value is -1.95. The van der Waals surface area contributed by atoms with Gasteiger partial charge >= 0.3 is 0 Å². The van der Waals surface area contributed by atoms with Crippen LogP contribution in [0.4, 0.5) is 5.69 Å². The summed E-state index contributed by atoms with van der Waals surface area (Å²) >= 11 is 0. The molecule has 1 aromatic carbocycles. The zero-order valence-electron chi connectivity index (χ0n) is 10.3. The van der Waals surface area contributed by atoms with Gasteiger partial charge in [-0.05, 0) is 24.5 Å². The molecule has 1 aliphatic heterocycles. The largest absolute Gasteiger partial charge is 0.384 e. The van der Waals surface area contributed by atoms with E-state index in [-0.39, 0.29) is 6.04 Å². The van der Waals surface area contributed by atoms with E-state index in [1.165, 1.54) is 16.8 Å². The molecule has 94 valence electrons. The summed E-state index contributed by atoms with van der Waals surface area (Å²) in [6, 6.07) is 6.53. The first-order valence-electron chi connectivity index (χ1n) is 6.16. The van der Waals surface area contributed by atoms with E-state index in [0.717, 1.165) is 19.5 Å². The van der Waals surface area contributed by atoms with Crippen molar-refractivity contribution in [2.45, 2.75) is 25.9 Å². The second-order valence-electron chi connectivity index (χ2n) is 4.50. The van der Waals surface area contributed by atoms with Gasteiger partial charge < -0.3 is 10.6 Å². The highest BCUT2D eigenvalue weighted by Crippen LogP contribution is 2.26. The van der Waals surface area contributed by atoms with Crippen molar-refractivity contribution in [3.8, 4) is 0 Å². The third-order valence-corrected chi connectivity index (χ3v) is 3.28. The maximum atomic E-state index is 3.98. The van der Waals surface area contributed by atoms with E-state index >= 15 is 0 Å².